The van der Waals surface area contributed by atoms with Crippen LogP contribution in [0.25, 0.3) is 0 Å². The van der Waals surface area contributed by atoms with Crippen molar-refractivity contribution >= 4 is 28.9 Å². The molecule has 1 spiro atoms. The first-order chi connectivity index (χ1) is 12.6. The largest absolute Gasteiger partial charge is 0.497 e. The van der Waals surface area contributed by atoms with E-state index in [-0.39, 0.29) is 28.9 Å². The fourth-order valence-corrected chi connectivity index (χ4v) is 2.94. The van der Waals surface area contributed by atoms with Gasteiger partial charge in [0, 0.05) is 19.3 Å². The molecule has 0 amide bonds. The maximum absolute atomic E-state index is 6.01. The highest BCUT2D eigenvalue weighted by Gasteiger charge is 2.43. The SMILES string of the molecule is Br.COc1ccc(OCCCON2C(N)=NC(N)=NC23CCOCC3)cc1. The summed E-state index contributed by atoms with van der Waals surface area (Å²) in [6.45, 7) is 2.08. The third-order valence-electron chi connectivity index (χ3n) is 4.27. The van der Waals surface area contributed by atoms with Gasteiger partial charge in [0.25, 0.3) is 0 Å². The number of aliphatic imine (C=N–C) groups is 2. The third-order valence-corrected chi connectivity index (χ3v) is 4.27. The number of hydroxylamine groups is 2. The number of nitrogens with two attached hydrogens (primary N) is 2. The number of halogens is 1. The van der Waals surface area contributed by atoms with Crippen LogP contribution in [0.2, 0.25) is 0 Å². The van der Waals surface area contributed by atoms with Crippen molar-refractivity contribution in [3.8, 4) is 11.5 Å². The zero-order valence-electron chi connectivity index (χ0n) is 15.3. The van der Waals surface area contributed by atoms with Crippen LogP contribution >= 0.6 is 17.0 Å². The predicted octanol–water partition coefficient (Wildman–Crippen LogP) is 1.43. The third kappa shape index (κ3) is 5.24. The van der Waals surface area contributed by atoms with Crippen LogP contribution in [0.5, 0.6) is 11.5 Å². The Morgan fingerprint density at radius 2 is 1.78 bits per heavy atom. The molecule has 0 bridgehead atoms. The normalized spacial score (nSPS) is 18.3. The van der Waals surface area contributed by atoms with Crippen molar-refractivity contribution in [1.82, 2.24) is 5.06 Å². The minimum absolute atomic E-state index is 0. The average molecular weight is 444 g/mol. The van der Waals surface area contributed by atoms with E-state index in [4.69, 9.17) is 30.5 Å². The Balaban J connectivity index is 0.00000261. The van der Waals surface area contributed by atoms with Crippen LogP contribution in [0, 0.1) is 0 Å². The molecule has 4 N–H and O–H groups in total. The summed E-state index contributed by atoms with van der Waals surface area (Å²) in [5, 5.41) is 1.57. The Bertz CT molecular complexity index is 662. The number of benzene rings is 1. The van der Waals surface area contributed by atoms with Gasteiger partial charge in [0.05, 0.1) is 33.5 Å². The molecule has 2 heterocycles. The molecule has 0 radical (unpaired) electrons. The van der Waals surface area contributed by atoms with Crippen molar-refractivity contribution in [2.75, 3.05) is 33.5 Å². The van der Waals surface area contributed by atoms with E-state index in [2.05, 4.69) is 9.98 Å². The molecule has 150 valence electrons. The summed E-state index contributed by atoms with van der Waals surface area (Å²) >= 11 is 0. The fraction of sp³-hybridized carbons (Fsp3) is 0.529. The fourth-order valence-electron chi connectivity index (χ4n) is 2.94. The standard InChI is InChI=1S/C17H25N5O4.BrH/c1-23-13-3-5-14(6-4-13)25-9-2-10-26-22-16(19)20-15(18)21-17(22)7-11-24-12-8-17;/h3-6H,2,7-12H2,1H3,(H4,18,19,20,21);1H. The van der Waals surface area contributed by atoms with Gasteiger partial charge >= 0.3 is 0 Å². The predicted molar refractivity (Wildman–Crippen MR) is 107 cm³/mol. The second-order valence-electron chi connectivity index (χ2n) is 6.04. The second-order valence-corrected chi connectivity index (χ2v) is 6.04. The summed E-state index contributed by atoms with van der Waals surface area (Å²) in [5.74, 6) is 1.97. The number of guanidine groups is 2. The van der Waals surface area contributed by atoms with E-state index in [1.54, 1.807) is 12.2 Å². The number of methoxy groups -OCH3 is 1. The molecule has 2 aliphatic heterocycles. The minimum atomic E-state index is -0.634. The van der Waals surface area contributed by atoms with Gasteiger partial charge < -0.3 is 25.7 Å². The molecular formula is C17H26BrN5O4. The summed E-state index contributed by atoms with van der Waals surface area (Å²) in [5.41, 5.74) is 11.2. The Labute approximate surface area is 169 Å². The quantitative estimate of drug-likeness (QED) is 0.611. The Morgan fingerprint density at radius 3 is 2.44 bits per heavy atom. The maximum Gasteiger partial charge on any atom is 0.226 e. The van der Waals surface area contributed by atoms with E-state index in [0.717, 1.165) is 11.5 Å². The van der Waals surface area contributed by atoms with Gasteiger partial charge in [-0.1, -0.05) is 0 Å². The molecule has 1 fully saturated rings. The van der Waals surface area contributed by atoms with Crippen molar-refractivity contribution in [3.63, 3.8) is 0 Å². The van der Waals surface area contributed by atoms with Gasteiger partial charge in [-0.25, -0.2) is 4.99 Å². The molecule has 1 aromatic carbocycles. The monoisotopic (exact) mass is 443 g/mol. The Morgan fingerprint density at radius 1 is 1.11 bits per heavy atom. The van der Waals surface area contributed by atoms with Crippen molar-refractivity contribution in [2.45, 2.75) is 24.9 Å². The van der Waals surface area contributed by atoms with E-state index in [1.807, 2.05) is 24.3 Å². The van der Waals surface area contributed by atoms with E-state index in [9.17, 15) is 0 Å². The average Bonchev–Trinajstić information content (AvgIpc) is 2.64. The summed E-state index contributed by atoms with van der Waals surface area (Å²) in [4.78, 5) is 14.4. The summed E-state index contributed by atoms with van der Waals surface area (Å²) in [6.07, 6.45) is 1.97. The highest BCUT2D eigenvalue weighted by Crippen LogP contribution is 2.31. The maximum atomic E-state index is 6.01. The highest BCUT2D eigenvalue weighted by molar-refractivity contribution is 8.93. The molecule has 0 atom stereocenters. The van der Waals surface area contributed by atoms with Gasteiger partial charge in [-0.05, 0) is 24.3 Å². The van der Waals surface area contributed by atoms with E-state index < -0.39 is 5.66 Å². The number of hydrogen-bond donors (Lipinski definition) is 2. The number of nitrogens with zero attached hydrogens (tertiary/aromatic N) is 3. The first kappa shape index (κ1) is 21.3. The Hall–Kier alpha value is -2.04. The molecule has 1 saturated heterocycles. The van der Waals surface area contributed by atoms with Crippen molar-refractivity contribution < 1.29 is 19.0 Å². The molecule has 0 saturated carbocycles. The van der Waals surface area contributed by atoms with Crippen LogP contribution in [-0.2, 0) is 9.57 Å². The van der Waals surface area contributed by atoms with Crippen LogP contribution in [0.3, 0.4) is 0 Å². The molecular weight excluding hydrogens is 418 g/mol. The first-order valence-corrected chi connectivity index (χ1v) is 8.60. The van der Waals surface area contributed by atoms with Crippen molar-refractivity contribution in [3.05, 3.63) is 24.3 Å². The van der Waals surface area contributed by atoms with Crippen LogP contribution in [0.4, 0.5) is 0 Å². The van der Waals surface area contributed by atoms with Crippen molar-refractivity contribution in [2.24, 2.45) is 21.5 Å². The lowest BCUT2D eigenvalue weighted by atomic mass is 10.0. The van der Waals surface area contributed by atoms with Crippen LogP contribution in [-0.4, -0.2) is 56.2 Å². The molecule has 9 nitrogen and oxygen atoms in total. The minimum Gasteiger partial charge on any atom is -0.497 e. The summed E-state index contributed by atoms with van der Waals surface area (Å²) < 4.78 is 16.2. The first-order valence-electron chi connectivity index (χ1n) is 8.60. The van der Waals surface area contributed by atoms with Crippen LogP contribution in [0.1, 0.15) is 19.3 Å². The van der Waals surface area contributed by atoms with E-state index >= 15 is 0 Å². The molecule has 1 aromatic rings. The number of hydrogen-bond acceptors (Lipinski definition) is 9. The van der Waals surface area contributed by atoms with E-state index in [0.29, 0.717) is 45.7 Å². The van der Waals surface area contributed by atoms with E-state index in [1.165, 1.54) is 0 Å². The molecule has 2 aliphatic rings. The number of rotatable bonds is 7. The lowest BCUT2D eigenvalue weighted by Crippen LogP contribution is -2.59. The summed E-state index contributed by atoms with van der Waals surface area (Å²) in [7, 11) is 1.63. The van der Waals surface area contributed by atoms with Crippen molar-refractivity contribution in [1.29, 1.82) is 0 Å². The smallest absolute Gasteiger partial charge is 0.226 e. The van der Waals surface area contributed by atoms with Gasteiger partial charge in [-0.2, -0.15) is 10.1 Å². The summed E-state index contributed by atoms with van der Waals surface area (Å²) in [6, 6.07) is 7.44. The molecule has 0 unspecified atom stereocenters. The number of ether oxygens (including phenoxy) is 3. The topological polar surface area (TPSA) is 117 Å². The van der Waals surface area contributed by atoms with Gasteiger partial charge in [0.2, 0.25) is 11.9 Å². The lowest BCUT2D eigenvalue weighted by Gasteiger charge is -2.43. The van der Waals surface area contributed by atoms with Crippen LogP contribution < -0.4 is 20.9 Å². The molecule has 0 aromatic heterocycles. The zero-order chi connectivity index (χ0) is 18.4. The zero-order valence-corrected chi connectivity index (χ0v) is 17.0. The molecule has 0 aliphatic carbocycles. The lowest BCUT2D eigenvalue weighted by molar-refractivity contribution is -0.190. The second kappa shape index (κ2) is 9.77. The molecule has 10 heteroatoms. The van der Waals surface area contributed by atoms with Crippen LogP contribution in [0.15, 0.2) is 34.3 Å². The molecule has 27 heavy (non-hydrogen) atoms. The highest BCUT2D eigenvalue weighted by atomic mass is 79.9. The van der Waals surface area contributed by atoms with Gasteiger partial charge in [-0.3, -0.25) is 4.84 Å². The van der Waals surface area contributed by atoms with Gasteiger partial charge in [-0.15, -0.1) is 17.0 Å². The van der Waals surface area contributed by atoms with Gasteiger partial charge in [0.15, 0.2) is 5.66 Å². The molecule has 3 rings (SSSR count). The van der Waals surface area contributed by atoms with Gasteiger partial charge in [0.1, 0.15) is 11.5 Å². The Kier molecular flexibility index (Phi) is 7.69.